The number of benzene rings is 2. The van der Waals surface area contributed by atoms with Gasteiger partial charge in [-0.05, 0) is 60.8 Å². The summed E-state index contributed by atoms with van der Waals surface area (Å²) in [6, 6.07) is 8.25. The second-order valence-corrected chi connectivity index (χ2v) is 7.56. The molecule has 1 atom stereocenters. The van der Waals surface area contributed by atoms with Crippen LogP contribution in [0.1, 0.15) is 54.4 Å². The van der Waals surface area contributed by atoms with E-state index in [1.54, 1.807) is 18.2 Å². The van der Waals surface area contributed by atoms with Crippen LogP contribution < -0.4 is 4.74 Å². The van der Waals surface area contributed by atoms with E-state index < -0.39 is 11.6 Å². The van der Waals surface area contributed by atoms with Crippen molar-refractivity contribution in [2.24, 2.45) is 5.92 Å². The highest BCUT2D eigenvalue weighted by Crippen LogP contribution is 2.40. The summed E-state index contributed by atoms with van der Waals surface area (Å²) in [4.78, 5) is 0. The van der Waals surface area contributed by atoms with E-state index in [0.717, 1.165) is 31.2 Å². The molecular formula is C23H23F3O2. The minimum atomic E-state index is -0.761. The Morgan fingerprint density at radius 3 is 2.29 bits per heavy atom. The first kappa shape index (κ1) is 19.1. The van der Waals surface area contributed by atoms with Crippen LogP contribution in [0.4, 0.5) is 13.2 Å². The van der Waals surface area contributed by atoms with Crippen LogP contribution in [0.2, 0.25) is 0 Å². The van der Waals surface area contributed by atoms with Gasteiger partial charge in [-0.15, -0.1) is 0 Å². The monoisotopic (exact) mass is 388 g/mol. The molecule has 2 fully saturated rings. The molecule has 2 aromatic carbocycles. The SMILES string of the molecule is COc1ccc(/C=C/C2CCC(c3ccc(C4CO4)c(F)c3F)CC2)cc1F. The molecule has 2 aliphatic rings. The van der Waals surface area contributed by atoms with Crippen LogP contribution in [0.5, 0.6) is 5.75 Å². The highest BCUT2D eigenvalue weighted by molar-refractivity contribution is 5.51. The molecule has 1 aliphatic carbocycles. The van der Waals surface area contributed by atoms with Crippen LogP contribution >= 0.6 is 0 Å². The fraction of sp³-hybridized carbons (Fsp3) is 0.391. The number of rotatable bonds is 5. The summed E-state index contributed by atoms with van der Waals surface area (Å²) in [7, 11) is 1.44. The summed E-state index contributed by atoms with van der Waals surface area (Å²) in [6.45, 7) is 0.464. The van der Waals surface area contributed by atoms with Crippen molar-refractivity contribution in [3.05, 3.63) is 70.5 Å². The van der Waals surface area contributed by atoms with E-state index in [0.29, 0.717) is 23.7 Å². The first-order valence-corrected chi connectivity index (χ1v) is 9.68. The number of hydrogen-bond acceptors (Lipinski definition) is 2. The Hall–Kier alpha value is -2.27. The van der Waals surface area contributed by atoms with E-state index >= 15 is 0 Å². The van der Waals surface area contributed by atoms with Crippen LogP contribution in [0.3, 0.4) is 0 Å². The predicted molar refractivity (Wildman–Crippen MR) is 102 cm³/mol. The van der Waals surface area contributed by atoms with Gasteiger partial charge in [-0.3, -0.25) is 0 Å². The molecule has 0 N–H and O–H groups in total. The first-order chi connectivity index (χ1) is 13.6. The lowest BCUT2D eigenvalue weighted by atomic mass is 9.78. The van der Waals surface area contributed by atoms with Crippen LogP contribution in [-0.4, -0.2) is 13.7 Å². The second-order valence-electron chi connectivity index (χ2n) is 7.56. The molecule has 1 aliphatic heterocycles. The number of hydrogen-bond donors (Lipinski definition) is 0. The van der Waals surface area contributed by atoms with Crippen LogP contribution in [0.15, 0.2) is 36.4 Å². The number of epoxide rings is 1. The van der Waals surface area contributed by atoms with E-state index in [9.17, 15) is 13.2 Å². The maximum Gasteiger partial charge on any atom is 0.165 e. The first-order valence-electron chi connectivity index (χ1n) is 9.68. The minimum Gasteiger partial charge on any atom is -0.494 e. The van der Waals surface area contributed by atoms with E-state index in [2.05, 4.69) is 6.08 Å². The van der Waals surface area contributed by atoms with Crippen molar-refractivity contribution < 1.29 is 22.6 Å². The van der Waals surface area contributed by atoms with E-state index in [1.807, 2.05) is 12.1 Å². The molecule has 0 aromatic heterocycles. The number of halogens is 3. The number of allylic oxidation sites excluding steroid dienone is 1. The molecule has 0 amide bonds. The quantitative estimate of drug-likeness (QED) is 0.571. The molecule has 28 heavy (non-hydrogen) atoms. The fourth-order valence-electron chi connectivity index (χ4n) is 4.03. The fourth-order valence-corrected chi connectivity index (χ4v) is 4.03. The lowest BCUT2D eigenvalue weighted by Crippen LogP contribution is -2.14. The molecule has 148 valence electrons. The van der Waals surface area contributed by atoms with Crippen molar-refractivity contribution in [2.75, 3.05) is 13.7 Å². The molecular weight excluding hydrogens is 365 g/mol. The summed E-state index contributed by atoms with van der Waals surface area (Å²) >= 11 is 0. The molecule has 0 bridgehead atoms. The standard InChI is InChI=1S/C23H23F3O2/c1-27-20-11-6-15(12-19(20)24)3-2-14-4-7-16(8-5-14)17-9-10-18(21-13-28-21)23(26)22(17)25/h2-3,6,9-12,14,16,21H,4-5,7-8,13H2,1H3/b3-2+. The Balaban J connectivity index is 1.38. The topological polar surface area (TPSA) is 21.8 Å². The Morgan fingerprint density at radius 1 is 0.964 bits per heavy atom. The van der Waals surface area contributed by atoms with Crippen molar-refractivity contribution >= 4 is 6.08 Å². The third-order valence-corrected chi connectivity index (χ3v) is 5.77. The van der Waals surface area contributed by atoms with Crippen molar-refractivity contribution in [3.63, 3.8) is 0 Å². The Kier molecular flexibility index (Phi) is 5.44. The number of ether oxygens (including phenoxy) is 2. The van der Waals surface area contributed by atoms with Gasteiger partial charge in [0, 0.05) is 5.56 Å². The molecule has 1 heterocycles. The average Bonchev–Trinajstić information content (AvgIpc) is 3.54. The molecule has 5 heteroatoms. The summed E-state index contributed by atoms with van der Waals surface area (Å²) < 4.78 is 52.6. The lowest BCUT2D eigenvalue weighted by molar-refractivity contribution is 0.361. The largest absolute Gasteiger partial charge is 0.494 e. The Bertz CT molecular complexity index is 882. The molecule has 0 spiro atoms. The molecule has 2 aromatic rings. The van der Waals surface area contributed by atoms with Crippen molar-refractivity contribution in [3.8, 4) is 5.75 Å². The van der Waals surface area contributed by atoms with Gasteiger partial charge in [0.2, 0.25) is 0 Å². The van der Waals surface area contributed by atoms with Gasteiger partial charge in [-0.2, -0.15) is 0 Å². The maximum atomic E-state index is 14.5. The zero-order chi connectivity index (χ0) is 19.7. The predicted octanol–water partition coefficient (Wildman–Crippen LogP) is 6.17. The van der Waals surface area contributed by atoms with E-state index in [1.165, 1.54) is 13.2 Å². The summed E-state index contributed by atoms with van der Waals surface area (Å²) in [5.41, 5.74) is 1.58. The van der Waals surface area contributed by atoms with Crippen molar-refractivity contribution in [1.29, 1.82) is 0 Å². The normalized spacial score (nSPS) is 24.5. The summed E-state index contributed by atoms with van der Waals surface area (Å²) in [5, 5.41) is 0. The molecule has 1 saturated carbocycles. The van der Waals surface area contributed by atoms with Gasteiger partial charge in [-0.25, -0.2) is 13.2 Å². The van der Waals surface area contributed by atoms with Crippen LogP contribution in [0, 0.1) is 23.4 Å². The highest BCUT2D eigenvalue weighted by atomic mass is 19.2. The van der Waals surface area contributed by atoms with Gasteiger partial charge in [0.05, 0.1) is 13.7 Å². The molecule has 1 saturated heterocycles. The van der Waals surface area contributed by atoms with E-state index in [4.69, 9.17) is 9.47 Å². The summed E-state index contributed by atoms with van der Waals surface area (Å²) in [6.07, 6.45) is 7.12. The van der Waals surface area contributed by atoms with Gasteiger partial charge in [-0.1, -0.05) is 30.4 Å². The zero-order valence-corrected chi connectivity index (χ0v) is 15.8. The molecule has 4 rings (SSSR count). The van der Waals surface area contributed by atoms with Gasteiger partial charge in [0.15, 0.2) is 23.2 Å². The molecule has 0 radical (unpaired) electrons. The van der Waals surface area contributed by atoms with Crippen molar-refractivity contribution in [2.45, 2.75) is 37.7 Å². The second kappa shape index (κ2) is 8.00. The average molecular weight is 388 g/mol. The maximum absolute atomic E-state index is 14.5. The van der Waals surface area contributed by atoms with Crippen LogP contribution in [0.25, 0.3) is 6.08 Å². The van der Waals surface area contributed by atoms with Crippen molar-refractivity contribution in [1.82, 2.24) is 0 Å². The zero-order valence-electron chi connectivity index (χ0n) is 15.8. The Labute approximate surface area is 163 Å². The summed E-state index contributed by atoms with van der Waals surface area (Å²) in [5.74, 6) is -1.25. The van der Waals surface area contributed by atoms with Gasteiger partial charge in [0.1, 0.15) is 6.10 Å². The van der Waals surface area contributed by atoms with Gasteiger partial charge >= 0.3 is 0 Å². The third-order valence-electron chi connectivity index (χ3n) is 5.77. The van der Waals surface area contributed by atoms with Gasteiger partial charge in [0.25, 0.3) is 0 Å². The number of methoxy groups -OCH3 is 1. The van der Waals surface area contributed by atoms with Gasteiger partial charge < -0.3 is 9.47 Å². The molecule has 2 nitrogen and oxygen atoms in total. The highest BCUT2D eigenvalue weighted by Gasteiger charge is 2.32. The Morgan fingerprint density at radius 2 is 1.64 bits per heavy atom. The third kappa shape index (κ3) is 3.95. The lowest BCUT2D eigenvalue weighted by Gasteiger charge is -2.27. The molecule has 1 unspecified atom stereocenters. The smallest absolute Gasteiger partial charge is 0.165 e. The van der Waals surface area contributed by atoms with E-state index in [-0.39, 0.29) is 23.6 Å². The van der Waals surface area contributed by atoms with Crippen LogP contribution in [-0.2, 0) is 4.74 Å². The minimum absolute atomic E-state index is 0.0340.